The van der Waals surface area contributed by atoms with E-state index >= 15 is 0 Å². The molecule has 104 valence electrons. The molecule has 6 heteroatoms. The van der Waals surface area contributed by atoms with Crippen LogP contribution in [0.3, 0.4) is 0 Å². The second-order valence-corrected chi connectivity index (χ2v) is 5.88. The van der Waals surface area contributed by atoms with Crippen LogP contribution in [0.2, 0.25) is 0 Å². The minimum absolute atomic E-state index is 0.287. The average molecular weight is 308 g/mol. The topological polar surface area (TPSA) is 55.8 Å². The van der Waals surface area contributed by atoms with Gasteiger partial charge in [0.15, 0.2) is 5.75 Å². The number of rotatable bonds is 6. The highest BCUT2D eigenvalue weighted by Gasteiger charge is 2.11. The van der Waals surface area contributed by atoms with Gasteiger partial charge in [-0.3, -0.25) is 0 Å². The van der Waals surface area contributed by atoms with Crippen LogP contribution in [0.1, 0.15) is 10.4 Å². The molecule has 0 saturated heterocycles. The van der Waals surface area contributed by atoms with Crippen LogP contribution in [0.4, 0.5) is 0 Å². The quantitative estimate of drug-likeness (QED) is 0.492. The first-order chi connectivity index (χ1) is 9.72. The molecule has 0 spiro atoms. The van der Waals surface area contributed by atoms with Crippen LogP contribution in [-0.4, -0.2) is 18.2 Å². The Hall–Kier alpha value is -1.63. The fourth-order valence-corrected chi connectivity index (χ4v) is 3.75. The summed E-state index contributed by atoms with van der Waals surface area (Å²) in [5.41, 5.74) is 0.287. The summed E-state index contributed by atoms with van der Waals surface area (Å²) in [7, 11) is 4.23. The van der Waals surface area contributed by atoms with E-state index in [0.29, 0.717) is 10.6 Å². The zero-order valence-electron chi connectivity index (χ0n) is 10.6. The Morgan fingerprint density at radius 2 is 1.60 bits per heavy atom. The van der Waals surface area contributed by atoms with Gasteiger partial charge in [-0.2, -0.15) is 4.89 Å². The van der Waals surface area contributed by atoms with E-state index in [1.165, 1.54) is 28.7 Å². The average Bonchev–Trinajstić information content (AvgIpc) is 2.47. The Kier molecular flexibility index (Phi) is 5.34. The molecule has 0 radical (unpaired) electrons. The molecule has 0 aromatic heterocycles. The van der Waals surface area contributed by atoms with Crippen molar-refractivity contribution in [1.29, 1.82) is 0 Å². The fraction of sp³-hybridized carbons (Fsp3) is 0.0714. The molecule has 4 nitrogen and oxygen atoms in total. The van der Waals surface area contributed by atoms with E-state index in [1.807, 2.05) is 24.3 Å². The van der Waals surface area contributed by atoms with E-state index < -0.39 is 5.97 Å². The zero-order valence-corrected chi connectivity index (χ0v) is 12.2. The molecule has 0 fully saturated rings. The first-order valence-corrected chi connectivity index (χ1v) is 7.84. The minimum atomic E-state index is -0.935. The summed E-state index contributed by atoms with van der Waals surface area (Å²) in [4.78, 5) is 22.4. The Morgan fingerprint density at radius 1 is 1.00 bits per heavy atom. The summed E-state index contributed by atoms with van der Waals surface area (Å²) in [5, 5.41) is 9.13. The molecule has 2 aromatic rings. The molecule has 1 N–H and O–H groups in total. The number of hydrogen-bond acceptors (Lipinski definition) is 5. The predicted molar refractivity (Wildman–Crippen MR) is 79.2 cm³/mol. The van der Waals surface area contributed by atoms with E-state index in [4.69, 9.17) is 9.99 Å². The molecular formula is C14H12O4S2. The van der Waals surface area contributed by atoms with Crippen molar-refractivity contribution in [3.63, 3.8) is 0 Å². The van der Waals surface area contributed by atoms with E-state index in [9.17, 15) is 4.79 Å². The Balaban J connectivity index is 2.15. The minimum Gasteiger partial charge on any atom is -0.478 e. The number of benzene rings is 2. The molecule has 20 heavy (non-hydrogen) atoms. The predicted octanol–water partition coefficient (Wildman–Crippen LogP) is 4.12. The molecular weight excluding hydrogens is 296 g/mol. The number of carboxylic acids is 1. The van der Waals surface area contributed by atoms with Gasteiger partial charge in [0.1, 0.15) is 0 Å². The molecule has 0 amide bonds. The van der Waals surface area contributed by atoms with Crippen LogP contribution in [0.15, 0.2) is 58.3 Å². The zero-order chi connectivity index (χ0) is 14.4. The molecule has 0 saturated carbocycles. The first-order valence-electron chi connectivity index (χ1n) is 5.69. The molecule has 2 aromatic carbocycles. The standard InChI is InChI=1S/C14H12O4S2/c1-17-18-11-7-3-5-9-13(11)20-19-12-8-4-2-6-10(12)14(15)16/h2-9H,1H3,(H,15,16). The van der Waals surface area contributed by atoms with Gasteiger partial charge in [0.05, 0.1) is 17.6 Å². The number of carboxylic acid groups (broad SMARTS) is 1. The lowest BCUT2D eigenvalue weighted by atomic mass is 10.2. The first kappa shape index (κ1) is 14.8. The smallest absolute Gasteiger partial charge is 0.336 e. The molecule has 0 heterocycles. The number of hydrogen-bond donors (Lipinski definition) is 1. The maximum absolute atomic E-state index is 11.1. The highest BCUT2D eigenvalue weighted by Crippen LogP contribution is 2.42. The van der Waals surface area contributed by atoms with Gasteiger partial charge in [-0.1, -0.05) is 35.1 Å². The third-order valence-electron chi connectivity index (χ3n) is 2.36. The van der Waals surface area contributed by atoms with Gasteiger partial charge in [0.25, 0.3) is 0 Å². The van der Waals surface area contributed by atoms with Gasteiger partial charge in [-0.05, 0) is 35.1 Å². The van der Waals surface area contributed by atoms with Gasteiger partial charge >= 0.3 is 5.97 Å². The van der Waals surface area contributed by atoms with Crippen LogP contribution in [0.25, 0.3) is 0 Å². The van der Waals surface area contributed by atoms with Crippen molar-refractivity contribution in [2.45, 2.75) is 9.79 Å². The van der Waals surface area contributed by atoms with E-state index in [-0.39, 0.29) is 5.56 Å². The normalized spacial score (nSPS) is 10.2. The molecule has 0 bridgehead atoms. The monoisotopic (exact) mass is 308 g/mol. The van der Waals surface area contributed by atoms with Crippen molar-refractivity contribution in [3.8, 4) is 5.75 Å². The fourth-order valence-electron chi connectivity index (χ4n) is 1.48. The molecule has 0 atom stereocenters. The van der Waals surface area contributed by atoms with Crippen molar-refractivity contribution < 1.29 is 19.7 Å². The number of para-hydroxylation sites is 1. The molecule has 0 aliphatic rings. The number of carbonyl (C=O) groups is 1. The summed E-state index contributed by atoms with van der Waals surface area (Å²) in [6, 6.07) is 14.3. The SMILES string of the molecule is COOc1ccccc1SSc1ccccc1C(=O)O. The largest absolute Gasteiger partial charge is 0.478 e. The van der Waals surface area contributed by atoms with E-state index in [2.05, 4.69) is 4.89 Å². The molecule has 0 aliphatic carbocycles. The second-order valence-electron chi connectivity index (χ2n) is 3.66. The van der Waals surface area contributed by atoms with Crippen molar-refractivity contribution >= 4 is 27.6 Å². The maximum atomic E-state index is 11.1. The summed E-state index contributed by atoms with van der Waals surface area (Å²) in [6.45, 7) is 0. The molecule has 0 aliphatic heterocycles. The van der Waals surface area contributed by atoms with Gasteiger partial charge in [-0.25, -0.2) is 4.79 Å². The summed E-state index contributed by atoms with van der Waals surface area (Å²) >= 11 is 0. The lowest BCUT2D eigenvalue weighted by molar-refractivity contribution is -0.180. The highest BCUT2D eigenvalue weighted by atomic mass is 33.1. The maximum Gasteiger partial charge on any atom is 0.336 e. The van der Waals surface area contributed by atoms with Crippen molar-refractivity contribution in [2.24, 2.45) is 0 Å². The lowest BCUT2D eigenvalue weighted by Gasteiger charge is -2.08. The van der Waals surface area contributed by atoms with Crippen molar-refractivity contribution in [3.05, 3.63) is 54.1 Å². The van der Waals surface area contributed by atoms with Crippen LogP contribution in [-0.2, 0) is 4.89 Å². The van der Waals surface area contributed by atoms with Crippen molar-refractivity contribution in [2.75, 3.05) is 7.11 Å². The van der Waals surface area contributed by atoms with Gasteiger partial charge in [-0.15, -0.1) is 0 Å². The van der Waals surface area contributed by atoms with Crippen LogP contribution in [0, 0.1) is 0 Å². The third-order valence-corrected chi connectivity index (χ3v) is 4.82. The van der Waals surface area contributed by atoms with E-state index in [1.54, 1.807) is 24.3 Å². The lowest BCUT2D eigenvalue weighted by Crippen LogP contribution is -1.97. The summed E-state index contributed by atoms with van der Waals surface area (Å²) in [6.07, 6.45) is 0. The Labute approximate surface area is 124 Å². The van der Waals surface area contributed by atoms with E-state index in [0.717, 1.165) is 4.90 Å². The van der Waals surface area contributed by atoms with Gasteiger partial charge in [0, 0.05) is 4.90 Å². The Morgan fingerprint density at radius 3 is 2.30 bits per heavy atom. The number of aromatic carboxylic acids is 1. The van der Waals surface area contributed by atoms with Crippen LogP contribution < -0.4 is 4.89 Å². The summed E-state index contributed by atoms with van der Waals surface area (Å²) < 4.78 is 0. The van der Waals surface area contributed by atoms with Gasteiger partial charge in [0.2, 0.25) is 0 Å². The van der Waals surface area contributed by atoms with Crippen LogP contribution in [0.5, 0.6) is 5.75 Å². The third kappa shape index (κ3) is 3.69. The molecule has 2 rings (SSSR count). The Bertz CT molecular complexity index is 601. The van der Waals surface area contributed by atoms with Crippen LogP contribution >= 0.6 is 21.6 Å². The second kappa shape index (κ2) is 7.23. The summed E-state index contributed by atoms with van der Waals surface area (Å²) in [5.74, 6) is -0.338. The highest BCUT2D eigenvalue weighted by molar-refractivity contribution is 8.76. The van der Waals surface area contributed by atoms with Gasteiger partial charge < -0.3 is 9.99 Å². The molecule has 0 unspecified atom stereocenters. The van der Waals surface area contributed by atoms with Crippen molar-refractivity contribution in [1.82, 2.24) is 0 Å².